The minimum absolute atomic E-state index is 0.00280. The highest BCUT2D eigenvalue weighted by Crippen LogP contribution is 2.31. The minimum Gasteiger partial charge on any atom is -0.465 e. The second-order valence-electron chi connectivity index (χ2n) is 4.88. The van der Waals surface area contributed by atoms with Gasteiger partial charge in [-0.1, -0.05) is 6.58 Å². The second-order valence-corrected chi connectivity index (χ2v) is 4.88. The van der Waals surface area contributed by atoms with Crippen LogP contribution in [-0.2, 0) is 0 Å². The zero-order valence-corrected chi connectivity index (χ0v) is 12.2. The van der Waals surface area contributed by atoms with Gasteiger partial charge in [0.15, 0.2) is 23.3 Å². The van der Waals surface area contributed by atoms with Crippen LogP contribution < -0.4 is 10.4 Å². The summed E-state index contributed by atoms with van der Waals surface area (Å²) in [6.07, 6.45) is 1.13. The summed E-state index contributed by atoms with van der Waals surface area (Å²) >= 11 is 0. The maximum absolute atomic E-state index is 13.9. The van der Waals surface area contributed by atoms with Gasteiger partial charge in [0.1, 0.15) is 11.3 Å². The number of hydrogen-bond donors (Lipinski definition) is 0. The highest BCUT2D eigenvalue weighted by atomic mass is 19.2. The van der Waals surface area contributed by atoms with Crippen molar-refractivity contribution in [3.05, 3.63) is 76.6 Å². The van der Waals surface area contributed by atoms with Gasteiger partial charge in [-0.15, -0.1) is 0 Å². The lowest BCUT2D eigenvalue weighted by Crippen LogP contribution is -2.10. The zero-order chi connectivity index (χ0) is 18.3. The van der Waals surface area contributed by atoms with Gasteiger partial charge < -0.3 is 9.15 Å². The molecular weight excluding hydrogens is 347 g/mol. The molecule has 0 bridgehead atoms. The summed E-state index contributed by atoms with van der Waals surface area (Å²) in [4.78, 5) is 12.0. The Hall–Kier alpha value is -3.16. The molecule has 1 heterocycles. The Kier molecular flexibility index (Phi) is 4.03. The summed E-state index contributed by atoms with van der Waals surface area (Å²) in [6, 6.07) is 5.09. The molecule has 0 spiro atoms. The van der Waals surface area contributed by atoms with Crippen LogP contribution in [0.1, 0.15) is 0 Å². The maximum Gasteiger partial charge on any atom is 0.344 e. The minimum atomic E-state index is -2.31. The number of hydrogen-bond acceptors (Lipinski definition) is 3. The Balaban J connectivity index is 2.31. The van der Waals surface area contributed by atoms with Crippen molar-refractivity contribution in [3.8, 4) is 16.9 Å². The third-order valence-electron chi connectivity index (χ3n) is 3.41. The summed E-state index contributed by atoms with van der Waals surface area (Å²) in [6.45, 7) is 3.35. The normalized spacial score (nSPS) is 10.9. The molecule has 0 radical (unpaired) electrons. The fourth-order valence-electron chi connectivity index (χ4n) is 2.28. The van der Waals surface area contributed by atoms with Crippen LogP contribution in [-0.4, -0.2) is 0 Å². The van der Waals surface area contributed by atoms with Crippen molar-refractivity contribution in [3.63, 3.8) is 0 Å². The van der Waals surface area contributed by atoms with Crippen LogP contribution in [0.25, 0.3) is 22.1 Å². The number of ether oxygens (including phenoxy) is 1. The van der Waals surface area contributed by atoms with E-state index in [9.17, 15) is 26.7 Å². The highest BCUT2D eigenvalue weighted by Gasteiger charge is 2.28. The van der Waals surface area contributed by atoms with E-state index in [-0.39, 0.29) is 16.7 Å². The molecule has 3 rings (SSSR count). The molecule has 0 fully saturated rings. The smallest absolute Gasteiger partial charge is 0.344 e. The molecule has 3 aromatic rings. The Morgan fingerprint density at radius 3 is 2.12 bits per heavy atom. The summed E-state index contributed by atoms with van der Waals surface area (Å²) in [7, 11) is 0. The van der Waals surface area contributed by atoms with Crippen LogP contribution in [0.4, 0.5) is 22.0 Å². The predicted molar refractivity (Wildman–Crippen MR) is 78.5 cm³/mol. The van der Waals surface area contributed by atoms with Crippen molar-refractivity contribution in [2.24, 2.45) is 0 Å². The Bertz CT molecular complexity index is 1040. The van der Waals surface area contributed by atoms with Crippen molar-refractivity contribution in [1.82, 2.24) is 0 Å². The third-order valence-corrected chi connectivity index (χ3v) is 3.41. The first-order chi connectivity index (χ1) is 11.8. The number of benzene rings is 2. The number of fused-ring (bicyclic) bond motifs is 1. The lowest BCUT2D eigenvalue weighted by atomic mass is 10.0. The van der Waals surface area contributed by atoms with Gasteiger partial charge in [0.25, 0.3) is 0 Å². The first-order valence-electron chi connectivity index (χ1n) is 6.72. The summed E-state index contributed by atoms with van der Waals surface area (Å²) in [5.41, 5.74) is -3.42. The molecule has 128 valence electrons. The lowest BCUT2D eigenvalue weighted by Gasteiger charge is -2.08. The van der Waals surface area contributed by atoms with Crippen molar-refractivity contribution in [1.29, 1.82) is 0 Å². The molecule has 0 amide bonds. The van der Waals surface area contributed by atoms with E-state index < -0.39 is 45.8 Å². The average Bonchev–Trinajstić information content (AvgIpc) is 2.59. The summed E-state index contributed by atoms with van der Waals surface area (Å²) in [5.74, 6) is -10.6. The Morgan fingerprint density at radius 1 is 0.920 bits per heavy atom. The second kappa shape index (κ2) is 6.04. The van der Waals surface area contributed by atoms with E-state index in [0.29, 0.717) is 0 Å². The summed E-state index contributed by atoms with van der Waals surface area (Å²) in [5, 5.41) is 0.190. The monoisotopic (exact) mass is 354 g/mol. The van der Waals surface area contributed by atoms with E-state index in [4.69, 9.17) is 9.15 Å². The molecule has 0 aliphatic rings. The van der Waals surface area contributed by atoms with Crippen molar-refractivity contribution >= 4 is 11.0 Å². The van der Waals surface area contributed by atoms with Crippen molar-refractivity contribution in [2.45, 2.75) is 0 Å². The van der Waals surface area contributed by atoms with Crippen LogP contribution in [0, 0.1) is 29.1 Å². The van der Waals surface area contributed by atoms with Crippen LogP contribution in [0.2, 0.25) is 0 Å². The van der Waals surface area contributed by atoms with Crippen molar-refractivity contribution < 1.29 is 31.1 Å². The molecule has 0 N–H and O–H groups in total. The van der Waals surface area contributed by atoms with Crippen LogP contribution in [0.5, 0.6) is 5.75 Å². The first kappa shape index (κ1) is 16.7. The van der Waals surface area contributed by atoms with Gasteiger partial charge in [-0.2, -0.15) is 0 Å². The predicted octanol–water partition coefficient (Wildman–Crippen LogP) is 4.68. The van der Waals surface area contributed by atoms with E-state index in [1.165, 1.54) is 18.2 Å². The van der Waals surface area contributed by atoms with Crippen LogP contribution >= 0.6 is 0 Å². The zero-order valence-electron chi connectivity index (χ0n) is 12.2. The largest absolute Gasteiger partial charge is 0.465 e. The lowest BCUT2D eigenvalue weighted by molar-refractivity contribution is 0.381. The van der Waals surface area contributed by atoms with E-state index in [1.807, 2.05) is 0 Å². The van der Waals surface area contributed by atoms with Gasteiger partial charge in [-0.3, -0.25) is 0 Å². The molecule has 0 saturated carbocycles. The number of halogens is 5. The molecule has 3 nitrogen and oxygen atoms in total. The fourth-order valence-corrected chi connectivity index (χ4v) is 2.28. The quantitative estimate of drug-likeness (QED) is 0.225. The molecule has 0 atom stereocenters. The molecule has 0 aliphatic heterocycles. The third kappa shape index (κ3) is 2.65. The Labute approximate surface area is 136 Å². The van der Waals surface area contributed by atoms with Crippen LogP contribution in [0.15, 0.2) is 46.3 Å². The molecule has 0 saturated heterocycles. The molecule has 0 aliphatic carbocycles. The van der Waals surface area contributed by atoms with Crippen molar-refractivity contribution in [2.75, 3.05) is 0 Å². The van der Waals surface area contributed by atoms with Gasteiger partial charge in [-0.25, -0.2) is 26.7 Å². The van der Waals surface area contributed by atoms with E-state index in [1.54, 1.807) is 0 Å². The van der Waals surface area contributed by atoms with Gasteiger partial charge in [0.05, 0.1) is 17.4 Å². The SMILES string of the molecule is C=COc1ccc2cc(-c3c(F)c(F)c(F)c(F)c3F)c(=O)oc2c1. The highest BCUT2D eigenvalue weighted by molar-refractivity contribution is 5.83. The Morgan fingerprint density at radius 2 is 1.52 bits per heavy atom. The molecule has 0 unspecified atom stereocenters. The standard InChI is InChI=1S/C17H7F5O3/c1-2-24-8-4-3-7-5-9(17(23)25-10(7)6-8)11-12(18)14(20)16(22)15(21)13(11)19/h2-6H,1H2. The van der Waals surface area contributed by atoms with Gasteiger partial charge in [0.2, 0.25) is 5.82 Å². The van der Waals surface area contributed by atoms with Crippen LogP contribution in [0.3, 0.4) is 0 Å². The molecular formula is C17H7F5O3. The van der Waals surface area contributed by atoms with Gasteiger partial charge >= 0.3 is 5.63 Å². The first-order valence-corrected chi connectivity index (χ1v) is 6.72. The molecule has 2 aromatic carbocycles. The average molecular weight is 354 g/mol. The van der Waals surface area contributed by atoms with E-state index in [2.05, 4.69) is 6.58 Å². The van der Waals surface area contributed by atoms with Gasteiger partial charge in [0, 0.05) is 11.5 Å². The fraction of sp³-hybridized carbons (Fsp3) is 0. The molecule has 1 aromatic heterocycles. The van der Waals surface area contributed by atoms with Gasteiger partial charge in [-0.05, 0) is 18.2 Å². The number of rotatable bonds is 3. The topological polar surface area (TPSA) is 39.4 Å². The molecule has 25 heavy (non-hydrogen) atoms. The molecule has 8 heteroatoms. The summed E-state index contributed by atoms with van der Waals surface area (Å²) < 4.78 is 77.5. The van der Waals surface area contributed by atoms with E-state index >= 15 is 0 Å². The van der Waals surface area contributed by atoms with E-state index in [0.717, 1.165) is 12.3 Å². The maximum atomic E-state index is 13.9.